The third-order valence-corrected chi connectivity index (χ3v) is 2.63. The first kappa shape index (κ1) is 14.2. The van der Waals surface area contributed by atoms with Gasteiger partial charge in [0.25, 0.3) is 0 Å². The molecule has 0 aromatic carbocycles. The Balaban J connectivity index is 2.97. The lowest BCUT2D eigenvalue weighted by Crippen LogP contribution is -2.25. The molecule has 0 spiro atoms. The molecule has 0 radical (unpaired) electrons. The molecule has 1 rings (SSSR count). The van der Waals surface area contributed by atoms with E-state index in [4.69, 9.17) is 5.26 Å². The number of nitrogens with zero attached hydrogens (tertiary/aromatic N) is 4. The lowest BCUT2D eigenvalue weighted by atomic mass is 10.3. The molecule has 98 valence electrons. The highest BCUT2D eigenvalue weighted by molar-refractivity contribution is 5.49. The van der Waals surface area contributed by atoms with Crippen molar-refractivity contribution in [2.45, 2.75) is 33.6 Å². The van der Waals surface area contributed by atoms with Gasteiger partial charge in [0.1, 0.15) is 17.5 Å². The SMILES string of the molecule is CCNc1cc(N(CC)CCC#N)nc(CC)n1. The number of aromatic nitrogens is 2. The van der Waals surface area contributed by atoms with Crippen LogP contribution in [0.1, 0.15) is 33.0 Å². The first-order valence-electron chi connectivity index (χ1n) is 6.48. The van der Waals surface area contributed by atoms with E-state index in [1.807, 2.05) is 19.9 Å². The quantitative estimate of drug-likeness (QED) is 0.800. The highest BCUT2D eigenvalue weighted by Gasteiger charge is 2.09. The number of anilines is 2. The molecular weight excluding hydrogens is 226 g/mol. The molecule has 0 atom stereocenters. The second-order valence-electron chi connectivity index (χ2n) is 3.90. The van der Waals surface area contributed by atoms with Crippen LogP contribution >= 0.6 is 0 Å². The molecule has 0 aliphatic rings. The van der Waals surface area contributed by atoms with E-state index < -0.39 is 0 Å². The van der Waals surface area contributed by atoms with Crippen LogP contribution in [0.5, 0.6) is 0 Å². The molecular formula is C13H21N5. The molecule has 5 nitrogen and oxygen atoms in total. The molecule has 1 heterocycles. The first-order chi connectivity index (χ1) is 8.74. The zero-order valence-electron chi connectivity index (χ0n) is 11.4. The Kier molecular flexibility index (Phi) is 5.92. The van der Waals surface area contributed by atoms with E-state index >= 15 is 0 Å². The fourth-order valence-corrected chi connectivity index (χ4v) is 1.69. The Morgan fingerprint density at radius 3 is 2.67 bits per heavy atom. The molecule has 1 aromatic rings. The summed E-state index contributed by atoms with van der Waals surface area (Å²) in [5.74, 6) is 2.59. The molecule has 0 bridgehead atoms. The minimum absolute atomic E-state index is 0.510. The van der Waals surface area contributed by atoms with Crippen molar-refractivity contribution >= 4 is 11.6 Å². The van der Waals surface area contributed by atoms with Crippen molar-refractivity contribution in [3.05, 3.63) is 11.9 Å². The molecule has 1 N–H and O–H groups in total. The molecule has 0 saturated heterocycles. The summed E-state index contributed by atoms with van der Waals surface area (Å²) < 4.78 is 0. The van der Waals surface area contributed by atoms with Crippen LogP contribution in [0.25, 0.3) is 0 Å². The predicted molar refractivity (Wildman–Crippen MR) is 73.7 cm³/mol. The van der Waals surface area contributed by atoms with Gasteiger partial charge in [0.15, 0.2) is 0 Å². The number of nitriles is 1. The largest absolute Gasteiger partial charge is 0.370 e. The van der Waals surface area contributed by atoms with Crippen LogP contribution in [0, 0.1) is 11.3 Å². The van der Waals surface area contributed by atoms with Gasteiger partial charge in [0.05, 0.1) is 12.5 Å². The Hall–Kier alpha value is -1.83. The van der Waals surface area contributed by atoms with E-state index in [0.29, 0.717) is 13.0 Å². The highest BCUT2D eigenvalue weighted by Crippen LogP contribution is 2.16. The third kappa shape index (κ3) is 3.88. The van der Waals surface area contributed by atoms with E-state index in [9.17, 15) is 0 Å². The average Bonchev–Trinajstić information content (AvgIpc) is 2.39. The van der Waals surface area contributed by atoms with Gasteiger partial charge in [0, 0.05) is 32.1 Å². The Morgan fingerprint density at radius 1 is 1.33 bits per heavy atom. The van der Waals surface area contributed by atoms with Gasteiger partial charge in [-0.25, -0.2) is 9.97 Å². The van der Waals surface area contributed by atoms with Crippen molar-refractivity contribution in [2.75, 3.05) is 29.9 Å². The Bertz CT molecular complexity index is 410. The molecule has 0 unspecified atom stereocenters. The van der Waals surface area contributed by atoms with Gasteiger partial charge in [-0.2, -0.15) is 5.26 Å². The van der Waals surface area contributed by atoms with Gasteiger partial charge in [-0.05, 0) is 13.8 Å². The van der Waals surface area contributed by atoms with Crippen LogP contribution in [0.3, 0.4) is 0 Å². The van der Waals surface area contributed by atoms with E-state index in [-0.39, 0.29) is 0 Å². The molecule has 0 saturated carbocycles. The fraction of sp³-hybridized carbons (Fsp3) is 0.615. The summed E-state index contributed by atoms with van der Waals surface area (Å²) in [7, 11) is 0. The normalized spacial score (nSPS) is 9.89. The van der Waals surface area contributed by atoms with Gasteiger partial charge in [-0.1, -0.05) is 6.92 Å². The van der Waals surface area contributed by atoms with Crippen LogP contribution in [-0.4, -0.2) is 29.6 Å². The standard InChI is InChI=1S/C13H21N5/c1-4-11-16-12(15-5-2)10-13(17-11)18(6-3)9-7-8-14/h10H,4-7,9H2,1-3H3,(H,15,16,17). The number of rotatable bonds is 7. The Labute approximate surface area is 109 Å². The maximum absolute atomic E-state index is 8.68. The van der Waals surface area contributed by atoms with Crippen molar-refractivity contribution in [3.8, 4) is 6.07 Å². The third-order valence-electron chi connectivity index (χ3n) is 2.63. The molecule has 0 aliphatic heterocycles. The summed E-state index contributed by atoms with van der Waals surface area (Å²) in [4.78, 5) is 11.1. The van der Waals surface area contributed by atoms with E-state index in [1.54, 1.807) is 0 Å². The minimum Gasteiger partial charge on any atom is -0.370 e. The minimum atomic E-state index is 0.510. The maximum Gasteiger partial charge on any atom is 0.134 e. The van der Waals surface area contributed by atoms with Crippen LogP contribution in [-0.2, 0) is 6.42 Å². The van der Waals surface area contributed by atoms with Gasteiger partial charge in [-0.3, -0.25) is 0 Å². The number of hydrogen-bond acceptors (Lipinski definition) is 5. The van der Waals surface area contributed by atoms with Crippen molar-refractivity contribution in [1.29, 1.82) is 5.26 Å². The summed E-state index contributed by atoms with van der Waals surface area (Å²) >= 11 is 0. The molecule has 1 aromatic heterocycles. The van der Waals surface area contributed by atoms with E-state index in [2.05, 4.69) is 33.2 Å². The average molecular weight is 247 g/mol. The smallest absolute Gasteiger partial charge is 0.134 e. The Morgan fingerprint density at radius 2 is 2.11 bits per heavy atom. The summed E-state index contributed by atoms with van der Waals surface area (Å²) in [5, 5.41) is 11.9. The number of nitrogens with one attached hydrogen (secondary N) is 1. The van der Waals surface area contributed by atoms with Gasteiger partial charge in [0.2, 0.25) is 0 Å². The lowest BCUT2D eigenvalue weighted by Gasteiger charge is -2.21. The van der Waals surface area contributed by atoms with Crippen molar-refractivity contribution in [3.63, 3.8) is 0 Å². The lowest BCUT2D eigenvalue weighted by molar-refractivity contribution is 0.795. The second kappa shape index (κ2) is 7.49. The zero-order valence-corrected chi connectivity index (χ0v) is 11.4. The summed E-state index contributed by atoms with van der Waals surface area (Å²) in [6, 6.07) is 4.12. The summed E-state index contributed by atoms with van der Waals surface area (Å²) in [5.41, 5.74) is 0. The van der Waals surface area contributed by atoms with Gasteiger partial charge < -0.3 is 10.2 Å². The van der Waals surface area contributed by atoms with Crippen molar-refractivity contribution in [1.82, 2.24) is 9.97 Å². The molecule has 0 aliphatic carbocycles. The van der Waals surface area contributed by atoms with E-state index in [1.165, 1.54) is 0 Å². The molecule has 18 heavy (non-hydrogen) atoms. The van der Waals surface area contributed by atoms with Crippen molar-refractivity contribution in [2.24, 2.45) is 0 Å². The number of aryl methyl sites for hydroxylation is 1. The summed E-state index contributed by atoms with van der Waals surface area (Å²) in [6.07, 6.45) is 1.32. The zero-order chi connectivity index (χ0) is 13.4. The van der Waals surface area contributed by atoms with Crippen LogP contribution < -0.4 is 10.2 Å². The van der Waals surface area contributed by atoms with Gasteiger partial charge in [-0.15, -0.1) is 0 Å². The van der Waals surface area contributed by atoms with Crippen molar-refractivity contribution < 1.29 is 0 Å². The highest BCUT2D eigenvalue weighted by atomic mass is 15.2. The topological polar surface area (TPSA) is 64.8 Å². The molecule has 0 amide bonds. The van der Waals surface area contributed by atoms with E-state index in [0.717, 1.165) is 37.0 Å². The monoisotopic (exact) mass is 247 g/mol. The predicted octanol–water partition coefficient (Wildman–Crippen LogP) is 2.21. The summed E-state index contributed by atoms with van der Waals surface area (Å²) in [6.45, 7) is 8.54. The second-order valence-corrected chi connectivity index (χ2v) is 3.90. The van der Waals surface area contributed by atoms with Crippen LogP contribution in [0.2, 0.25) is 0 Å². The molecule has 0 fully saturated rings. The fourth-order valence-electron chi connectivity index (χ4n) is 1.69. The van der Waals surface area contributed by atoms with Crippen LogP contribution in [0.4, 0.5) is 11.6 Å². The van der Waals surface area contributed by atoms with Crippen LogP contribution in [0.15, 0.2) is 6.07 Å². The molecule has 5 heteroatoms. The first-order valence-corrected chi connectivity index (χ1v) is 6.48. The number of hydrogen-bond donors (Lipinski definition) is 1. The van der Waals surface area contributed by atoms with Gasteiger partial charge >= 0.3 is 0 Å². The maximum atomic E-state index is 8.68.